The van der Waals surface area contributed by atoms with Crippen LogP contribution in [0, 0.1) is 0 Å². The van der Waals surface area contributed by atoms with Crippen LogP contribution in [0.1, 0.15) is 37.8 Å². The maximum Gasteiger partial charge on any atom is 0.330 e. The minimum absolute atomic E-state index is 0.311. The fourth-order valence-corrected chi connectivity index (χ4v) is 2.77. The van der Waals surface area contributed by atoms with Gasteiger partial charge in [-0.05, 0) is 38.8 Å². The summed E-state index contributed by atoms with van der Waals surface area (Å²) in [6, 6.07) is 5.49. The van der Waals surface area contributed by atoms with Gasteiger partial charge >= 0.3 is 5.97 Å². The number of nitrogens with one attached hydrogen (secondary N) is 2. The lowest BCUT2D eigenvalue weighted by Gasteiger charge is -2.34. The van der Waals surface area contributed by atoms with Gasteiger partial charge in [0.1, 0.15) is 0 Å². The second-order valence-electron chi connectivity index (χ2n) is 5.48. The molecule has 0 aromatic heterocycles. The van der Waals surface area contributed by atoms with Gasteiger partial charge in [-0.15, -0.1) is 0 Å². The molecule has 1 aliphatic rings. The van der Waals surface area contributed by atoms with Gasteiger partial charge in [0.05, 0.1) is 5.54 Å². The van der Waals surface area contributed by atoms with Gasteiger partial charge in [-0.1, -0.05) is 29.8 Å². The molecule has 1 heterocycles. The van der Waals surface area contributed by atoms with Crippen LogP contribution in [-0.4, -0.2) is 29.1 Å². The number of carbonyl (C=O) groups is 2. The van der Waals surface area contributed by atoms with Crippen molar-refractivity contribution >= 4 is 23.5 Å². The monoisotopic (exact) mass is 310 g/mol. The highest BCUT2D eigenvalue weighted by molar-refractivity contribution is 6.31. The van der Waals surface area contributed by atoms with E-state index in [0.717, 1.165) is 19.4 Å². The Balaban J connectivity index is 2.19. The first-order valence-corrected chi connectivity index (χ1v) is 7.35. The quantitative estimate of drug-likeness (QED) is 0.796. The van der Waals surface area contributed by atoms with E-state index in [-0.39, 0.29) is 5.91 Å². The minimum Gasteiger partial charge on any atom is -0.479 e. The number of aliphatic carboxylic acids is 1. The summed E-state index contributed by atoms with van der Waals surface area (Å²) in [6.45, 7) is 2.56. The molecule has 1 amide bonds. The Morgan fingerprint density at radius 2 is 2.10 bits per heavy atom. The SMILES string of the molecule is CC1(C(=O)N[C@@H](C(=O)O)c2ccccc2Cl)CCCCN1. The van der Waals surface area contributed by atoms with E-state index < -0.39 is 17.6 Å². The second-order valence-corrected chi connectivity index (χ2v) is 5.89. The third-order valence-corrected chi connectivity index (χ3v) is 4.20. The van der Waals surface area contributed by atoms with Gasteiger partial charge in [-0.25, -0.2) is 4.79 Å². The highest BCUT2D eigenvalue weighted by Gasteiger charge is 2.37. The second kappa shape index (κ2) is 6.45. The number of carboxylic acids is 1. The molecule has 1 aromatic carbocycles. The largest absolute Gasteiger partial charge is 0.479 e. The summed E-state index contributed by atoms with van der Waals surface area (Å²) >= 11 is 6.04. The molecule has 1 saturated heterocycles. The van der Waals surface area contributed by atoms with Crippen LogP contribution in [0.4, 0.5) is 0 Å². The topological polar surface area (TPSA) is 78.4 Å². The van der Waals surface area contributed by atoms with Crippen LogP contribution in [0.15, 0.2) is 24.3 Å². The average molecular weight is 311 g/mol. The van der Waals surface area contributed by atoms with Crippen LogP contribution < -0.4 is 10.6 Å². The summed E-state index contributed by atoms with van der Waals surface area (Å²) in [5.41, 5.74) is -0.341. The van der Waals surface area contributed by atoms with Crippen molar-refractivity contribution in [3.8, 4) is 0 Å². The van der Waals surface area contributed by atoms with Crippen LogP contribution >= 0.6 is 11.6 Å². The number of carboxylic acid groups (broad SMARTS) is 1. The molecule has 5 nitrogen and oxygen atoms in total. The van der Waals surface area contributed by atoms with Gasteiger partial charge in [-0.3, -0.25) is 4.79 Å². The van der Waals surface area contributed by atoms with Crippen molar-refractivity contribution in [3.63, 3.8) is 0 Å². The molecule has 3 N–H and O–H groups in total. The van der Waals surface area contributed by atoms with E-state index in [1.807, 2.05) is 0 Å². The molecule has 2 rings (SSSR count). The maximum atomic E-state index is 12.4. The smallest absolute Gasteiger partial charge is 0.330 e. The number of benzene rings is 1. The van der Waals surface area contributed by atoms with E-state index >= 15 is 0 Å². The van der Waals surface area contributed by atoms with Gasteiger partial charge in [-0.2, -0.15) is 0 Å². The highest BCUT2D eigenvalue weighted by atomic mass is 35.5. The first-order chi connectivity index (χ1) is 9.94. The number of hydrogen-bond donors (Lipinski definition) is 3. The molecule has 1 unspecified atom stereocenters. The van der Waals surface area contributed by atoms with Gasteiger partial charge in [0.25, 0.3) is 0 Å². The Kier molecular flexibility index (Phi) is 4.85. The number of hydrogen-bond acceptors (Lipinski definition) is 3. The number of piperidine rings is 1. The molecule has 0 radical (unpaired) electrons. The van der Waals surface area contributed by atoms with Gasteiger partial charge in [0, 0.05) is 10.6 Å². The zero-order valence-electron chi connectivity index (χ0n) is 11.9. The summed E-state index contributed by atoms with van der Waals surface area (Å²) in [4.78, 5) is 23.9. The van der Waals surface area contributed by atoms with Crippen LogP contribution in [0.2, 0.25) is 5.02 Å². The van der Waals surface area contributed by atoms with Crippen LogP contribution in [0.3, 0.4) is 0 Å². The van der Waals surface area contributed by atoms with Crippen LogP contribution in [-0.2, 0) is 9.59 Å². The summed E-state index contributed by atoms with van der Waals surface area (Å²) < 4.78 is 0. The number of carbonyl (C=O) groups excluding carboxylic acids is 1. The van der Waals surface area contributed by atoms with E-state index in [1.165, 1.54) is 0 Å². The Hall–Kier alpha value is -1.59. The molecule has 0 bridgehead atoms. The summed E-state index contributed by atoms with van der Waals surface area (Å²) in [5.74, 6) is -1.44. The third kappa shape index (κ3) is 3.54. The fourth-order valence-electron chi connectivity index (χ4n) is 2.52. The summed E-state index contributed by atoms with van der Waals surface area (Å²) in [7, 11) is 0. The van der Waals surface area contributed by atoms with Crippen molar-refractivity contribution in [2.45, 2.75) is 37.8 Å². The minimum atomic E-state index is -1.15. The Labute approximate surface area is 128 Å². The van der Waals surface area contributed by atoms with Crippen molar-refractivity contribution in [3.05, 3.63) is 34.9 Å². The fraction of sp³-hybridized carbons (Fsp3) is 0.467. The van der Waals surface area contributed by atoms with Crippen LogP contribution in [0.25, 0.3) is 0 Å². The van der Waals surface area contributed by atoms with Crippen molar-refractivity contribution in [1.82, 2.24) is 10.6 Å². The number of amides is 1. The standard InChI is InChI=1S/C15H19ClN2O3/c1-15(8-4-5-9-17-15)14(21)18-12(13(19)20)10-6-2-3-7-11(10)16/h2-3,6-7,12,17H,4-5,8-9H2,1H3,(H,18,21)(H,19,20)/t12-,15?/m1/s1. The lowest BCUT2D eigenvalue weighted by molar-refractivity contribution is -0.143. The Bertz CT molecular complexity index is 541. The third-order valence-electron chi connectivity index (χ3n) is 3.86. The predicted molar refractivity (Wildman–Crippen MR) is 80.2 cm³/mol. The molecule has 114 valence electrons. The van der Waals surface area contributed by atoms with Crippen molar-refractivity contribution in [2.24, 2.45) is 0 Å². The predicted octanol–water partition coefficient (Wildman–Crippen LogP) is 2.11. The zero-order valence-corrected chi connectivity index (χ0v) is 12.6. The van der Waals surface area contributed by atoms with Crippen molar-refractivity contribution < 1.29 is 14.7 Å². The average Bonchev–Trinajstić information content (AvgIpc) is 2.46. The molecule has 0 aliphatic carbocycles. The van der Waals surface area contributed by atoms with E-state index in [2.05, 4.69) is 10.6 Å². The molecule has 0 saturated carbocycles. The molecule has 0 spiro atoms. The summed E-state index contributed by atoms with van der Waals surface area (Å²) in [5, 5.41) is 15.5. The molecular weight excluding hydrogens is 292 g/mol. The van der Waals surface area contributed by atoms with Crippen molar-refractivity contribution in [2.75, 3.05) is 6.54 Å². The lowest BCUT2D eigenvalue weighted by Crippen LogP contribution is -2.58. The molecule has 1 fully saturated rings. The van der Waals surface area contributed by atoms with Crippen LogP contribution in [0.5, 0.6) is 0 Å². The Morgan fingerprint density at radius 1 is 1.38 bits per heavy atom. The summed E-state index contributed by atoms with van der Waals surface area (Å²) in [6.07, 6.45) is 2.66. The van der Waals surface area contributed by atoms with Gasteiger partial charge < -0.3 is 15.7 Å². The van der Waals surface area contributed by atoms with E-state index in [1.54, 1.807) is 31.2 Å². The molecule has 2 atom stereocenters. The molecular formula is C15H19ClN2O3. The first-order valence-electron chi connectivity index (χ1n) is 6.97. The number of halogens is 1. The first kappa shape index (κ1) is 15.8. The van der Waals surface area contributed by atoms with E-state index in [0.29, 0.717) is 17.0 Å². The molecule has 21 heavy (non-hydrogen) atoms. The van der Waals surface area contributed by atoms with Gasteiger partial charge in [0.2, 0.25) is 5.91 Å². The molecule has 1 aromatic rings. The van der Waals surface area contributed by atoms with Gasteiger partial charge in [0.15, 0.2) is 6.04 Å². The zero-order chi connectivity index (χ0) is 15.5. The molecule has 1 aliphatic heterocycles. The normalized spacial score (nSPS) is 23.3. The number of rotatable bonds is 4. The maximum absolute atomic E-state index is 12.4. The van der Waals surface area contributed by atoms with E-state index in [4.69, 9.17) is 11.6 Å². The lowest BCUT2D eigenvalue weighted by atomic mass is 9.89. The van der Waals surface area contributed by atoms with Crippen molar-refractivity contribution in [1.29, 1.82) is 0 Å². The highest BCUT2D eigenvalue weighted by Crippen LogP contribution is 2.25. The Morgan fingerprint density at radius 3 is 2.67 bits per heavy atom. The molecule has 6 heteroatoms. The van der Waals surface area contributed by atoms with E-state index in [9.17, 15) is 14.7 Å².